The molecule has 0 amide bonds. The number of halogens is 1. The molecule has 0 aliphatic rings. The van der Waals surface area contributed by atoms with E-state index < -0.39 is 0 Å². The molecule has 0 atom stereocenters. The summed E-state index contributed by atoms with van der Waals surface area (Å²) in [6.45, 7) is 7.27. The van der Waals surface area contributed by atoms with Crippen LogP contribution < -0.4 is 5.32 Å². The molecular formula is C16H19BrN2. The molecule has 0 aliphatic heterocycles. The maximum Gasteiger partial charge on any atom is 0.140 e. The number of hydrogen-bond acceptors (Lipinski definition) is 2. The van der Waals surface area contributed by atoms with Crippen molar-refractivity contribution in [1.82, 2.24) is 4.98 Å². The lowest BCUT2D eigenvalue weighted by molar-refractivity contribution is 0.865. The number of hydrogen-bond donors (Lipinski definition) is 1. The van der Waals surface area contributed by atoms with E-state index in [1.807, 2.05) is 12.3 Å². The third-order valence-corrected chi connectivity index (χ3v) is 4.19. The Kier molecular flexibility index (Phi) is 4.59. The summed E-state index contributed by atoms with van der Waals surface area (Å²) in [6.07, 6.45) is 1.82. The van der Waals surface area contributed by atoms with Gasteiger partial charge in [-0.15, -0.1) is 0 Å². The van der Waals surface area contributed by atoms with E-state index in [1.54, 1.807) is 0 Å². The quantitative estimate of drug-likeness (QED) is 0.868. The van der Waals surface area contributed by atoms with Crippen molar-refractivity contribution < 1.29 is 0 Å². The summed E-state index contributed by atoms with van der Waals surface area (Å²) in [5, 5.41) is 3.36. The molecule has 19 heavy (non-hydrogen) atoms. The first-order chi connectivity index (χ1) is 9.08. The minimum absolute atomic E-state index is 0.578. The van der Waals surface area contributed by atoms with Crippen molar-refractivity contribution in [2.45, 2.75) is 33.2 Å². The second-order valence-corrected chi connectivity index (χ2v) is 5.83. The van der Waals surface area contributed by atoms with Gasteiger partial charge in [0.2, 0.25) is 0 Å². The van der Waals surface area contributed by atoms with Gasteiger partial charge in [-0.3, -0.25) is 0 Å². The molecule has 0 bridgehead atoms. The van der Waals surface area contributed by atoms with Crippen molar-refractivity contribution in [3.05, 3.63) is 57.7 Å². The zero-order valence-electron chi connectivity index (χ0n) is 11.6. The van der Waals surface area contributed by atoms with Crippen molar-refractivity contribution in [2.75, 3.05) is 5.32 Å². The molecule has 0 saturated carbocycles. The van der Waals surface area contributed by atoms with Gasteiger partial charge in [0.1, 0.15) is 5.82 Å². The van der Waals surface area contributed by atoms with E-state index in [2.05, 4.69) is 71.3 Å². The van der Waals surface area contributed by atoms with Gasteiger partial charge in [0.15, 0.2) is 0 Å². The molecule has 2 aromatic rings. The predicted molar refractivity (Wildman–Crippen MR) is 84.5 cm³/mol. The van der Waals surface area contributed by atoms with Crippen molar-refractivity contribution >= 4 is 21.7 Å². The first-order valence-corrected chi connectivity index (χ1v) is 7.31. The molecule has 2 rings (SSSR count). The highest BCUT2D eigenvalue weighted by Crippen LogP contribution is 2.24. The molecule has 2 nitrogen and oxygen atoms in total. The minimum Gasteiger partial charge on any atom is -0.365 e. The molecule has 0 saturated heterocycles. The smallest absolute Gasteiger partial charge is 0.140 e. The molecule has 3 heteroatoms. The van der Waals surface area contributed by atoms with Gasteiger partial charge in [0.25, 0.3) is 0 Å². The summed E-state index contributed by atoms with van der Waals surface area (Å²) in [6, 6.07) is 10.7. The van der Waals surface area contributed by atoms with Crippen LogP contribution in [0.4, 0.5) is 5.82 Å². The second-order valence-electron chi connectivity index (χ2n) is 5.04. The minimum atomic E-state index is 0.578. The number of aromatic nitrogens is 1. The highest BCUT2D eigenvalue weighted by Gasteiger charge is 2.04. The Bertz CT molecular complexity index is 547. The monoisotopic (exact) mass is 318 g/mol. The van der Waals surface area contributed by atoms with Gasteiger partial charge in [0.05, 0.1) is 4.47 Å². The molecule has 0 spiro atoms. The number of nitrogens with one attached hydrogen (secondary N) is 1. The van der Waals surface area contributed by atoms with Crippen molar-refractivity contribution in [3.8, 4) is 0 Å². The van der Waals surface area contributed by atoms with Crippen LogP contribution in [0.2, 0.25) is 0 Å². The standard InChI is InChI=1S/C16H19BrN2/c1-11(2)14-6-4-13(5-7-14)10-19-16-15(17)12(3)8-9-18-16/h4-9,11H,10H2,1-3H3,(H,18,19). The number of anilines is 1. The zero-order chi connectivity index (χ0) is 13.8. The third kappa shape index (κ3) is 3.57. The van der Waals surface area contributed by atoms with Crippen LogP contribution in [-0.2, 0) is 6.54 Å². The maximum absolute atomic E-state index is 4.34. The molecule has 1 heterocycles. The van der Waals surface area contributed by atoms with Crippen LogP contribution in [0.1, 0.15) is 36.5 Å². The summed E-state index contributed by atoms with van der Waals surface area (Å²) in [5.41, 5.74) is 3.82. The fourth-order valence-corrected chi connectivity index (χ4v) is 2.24. The predicted octanol–water partition coefficient (Wildman–Crippen LogP) is 4.89. The molecule has 0 aliphatic carbocycles. The molecule has 1 N–H and O–H groups in total. The number of pyridine rings is 1. The summed E-state index contributed by atoms with van der Waals surface area (Å²) in [4.78, 5) is 4.34. The summed E-state index contributed by atoms with van der Waals surface area (Å²) in [7, 11) is 0. The van der Waals surface area contributed by atoms with E-state index in [1.165, 1.54) is 16.7 Å². The molecular weight excluding hydrogens is 300 g/mol. The molecule has 1 aromatic heterocycles. The number of rotatable bonds is 4. The molecule has 0 unspecified atom stereocenters. The van der Waals surface area contributed by atoms with Crippen LogP contribution in [0.3, 0.4) is 0 Å². The lowest BCUT2D eigenvalue weighted by Crippen LogP contribution is -2.03. The van der Waals surface area contributed by atoms with Crippen molar-refractivity contribution in [3.63, 3.8) is 0 Å². The first kappa shape index (κ1) is 14.1. The fraction of sp³-hybridized carbons (Fsp3) is 0.312. The SMILES string of the molecule is Cc1ccnc(NCc2ccc(C(C)C)cc2)c1Br. The van der Waals surface area contributed by atoms with Crippen molar-refractivity contribution in [1.29, 1.82) is 0 Å². The van der Waals surface area contributed by atoms with Gasteiger partial charge in [-0.2, -0.15) is 0 Å². The Morgan fingerprint density at radius 1 is 1.16 bits per heavy atom. The van der Waals surface area contributed by atoms with Gasteiger partial charge < -0.3 is 5.32 Å². The van der Waals surface area contributed by atoms with Crippen LogP contribution in [-0.4, -0.2) is 4.98 Å². The lowest BCUT2D eigenvalue weighted by Gasteiger charge is -2.10. The number of nitrogens with zero attached hydrogens (tertiary/aromatic N) is 1. The Labute approximate surface area is 123 Å². The third-order valence-electron chi connectivity index (χ3n) is 3.19. The van der Waals surface area contributed by atoms with Crippen molar-refractivity contribution in [2.24, 2.45) is 0 Å². The average molecular weight is 319 g/mol. The summed E-state index contributed by atoms with van der Waals surface area (Å²) < 4.78 is 1.04. The maximum atomic E-state index is 4.34. The van der Waals surface area contributed by atoms with E-state index >= 15 is 0 Å². The van der Waals surface area contributed by atoms with Gasteiger partial charge in [-0.25, -0.2) is 4.98 Å². The van der Waals surface area contributed by atoms with Crippen LogP contribution in [0.15, 0.2) is 41.0 Å². The van der Waals surface area contributed by atoms with Crippen LogP contribution in [0, 0.1) is 6.92 Å². The van der Waals surface area contributed by atoms with Crippen LogP contribution in [0.5, 0.6) is 0 Å². The highest BCUT2D eigenvalue weighted by molar-refractivity contribution is 9.10. The van der Waals surface area contributed by atoms with E-state index in [-0.39, 0.29) is 0 Å². The Hall–Kier alpha value is -1.35. The fourth-order valence-electron chi connectivity index (χ4n) is 1.87. The van der Waals surface area contributed by atoms with E-state index in [0.717, 1.165) is 16.8 Å². The largest absolute Gasteiger partial charge is 0.365 e. The Morgan fingerprint density at radius 3 is 2.47 bits per heavy atom. The topological polar surface area (TPSA) is 24.9 Å². The highest BCUT2D eigenvalue weighted by atomic mass is 79.9. The van der Waals surface area contributed by atoms with Crippen LogP contribution in [0.25, 0.3) is 0 Å². The second kappa shape index (κ2) is 6.20. The van der Waals surface area contributed by atoms with Gasteiger partial charge >= 0.3 is 0 Å². The first-order valence-electron chi connectivity index (χ1n) is 6.51. The van der Waals surface area contributed by atoms with E-state index in [0.29, 0.717) is 5.92 Å². The van der Waals surface area contributed by atoms with Gasteiger partial charge in [-0.1, -0.05) is 38.1 Å². The number of benzene rings is 1. The molecule has 0 radical (unpaired) electrons. The van der Waals surface area contributed by atoms with Gasteiger partial charge in [-0.05, 0) is 51.5 Å². The van der Waals surface area contributed by atoms with E-state index in [4.69, 9.17) is 0 Å². The average Bonchev–Trinajstić information content (AvgIpc) is 2.41. The zero-order valence-corrected chi connectivity index (χ0v) is 13.2. The summed E-state index contributed by atoms with van der Waals surface area (Å²) in [5.74, 6) is 1.47. The Balaban J connectivity index is 2.04. The Morgan fingerprint density at radius 2 is 1.84 bits per heavy atom. The molecule has 0 fully saturated rings. The lowest BCUT2D eigenvalue weighted by atomic mass is 10.0. The molecule has 1 aromatic carbocycles. The molecule has 100 valence electrons. The normalized spacial score (nSPS) is 10.8. The van der Waals surface area contributed by atoms with Crippen LogP contribution >= 0.6 is 15.9 Å². The summed E-state index contributed by atoms with van der Waals surface area (Å²) >= 11 is 3.56. The van der Waals surface area contributed by atoms with Gasteiger partial charge in [0, 0.05) is 12.7 Å². The number of aryl methyl sites for hydroxylation is 1. The van der Waals surface area contributed by atoms with E-state index in [9.17, 15) is 0 Å².